The number of benzene rings is 1. The van der Waals surface area contributed by atoms with Gasteiger partial charge in [0, 0.05) is 19.2 Å². The first-order valence-corrected chi connectivity index (χ1v) is 6.36. The highest BCUT2D eigenvalue weighted by Gasteiger charge is 2.16. The monoisotopic (exact) mass is 229 g/mol. The fourth-order valence-electron chi connectivity index (χ4n) is 2.09. The fourth-order valence-corrected chi connectivity index (χ4v) is 2.09. The second kappa shape index (κ2) is 5.67. The number of carbonyl (C=O) groups is 1. The van der Waals surface area contributed by atoms with E-state index < -0.39 is 0 Å². The Morgan fingerprint density at radius 2 is 2.06 bits per heavy atom. The molecule has 0 saturated carbocycles. The van der Waals surface area contributed by atoms with Gasteiger partial charge in [-0.2, -0.15) is 0 Å². The van der Waals surface area contributed by atoms with E-state index in [1.54, 1.807) is 4.90 Å². The minimum atomic E-state index is 0.240. The summed E-state index contributed by atoms with van der Waals surface area (Å²) in [5.74, 6) is 0.240. The van der Waals surface area contributed by atoms with Crippen LogP contribution in [0.25, 0.3) is 6.08 Å². The third-order valence-corrected chi connectivity index (χ3v) is 3.08. The van der Waals surface area contributed by atoms with Crippen molar-refractivity contribution in [1.82, 2.24) is 4.90 Å². The summed E-state index contributed by atoms with van der Waals surface area (Å²) < 4.78 is 0. The lowest BCUT2D eigenvalue weighted by Crippen LogP contribution is -2.16. The molecule has 1 aliphatic rings. The van der Waals surface area contributed by atoms with Crippen molar-refractivity contribution in [1.29, 1.82) is 0 Å². The number of nitrogens with zero attached hydrogens (tertiary/aromatic N) is 1. The second-order valence-corrected chi connectivity index (χ2v) is 4.50. The Labute approximate surface area is 103 Å². The molecule has 2 nitrogen and oxygen atoms in total. The van der Waals surface area contributed by atoms with Crippen LogP contribution in [0.15, 0.2) is 30.5 Å². The molecule has 0 radical (unpaired) electrons. The van der Waals surface area contributed by atoms with Gasteiger partial charge >= 0.3 is 0 Å². The summed E-state index contributed by atoms with van der Waals surface area (Å²) in [4.78, 5) is 13.2. The van der Waals surface area contributed by atoms with Gasteiger partial charge in [-0.05, 0) is 30.0 Å². The first-order valence-electron chi connectivity index (χ1n) is 6.36. The van der Waals surface area contributed by atoms with E-state index in [0.717, 1.165) is 24.9 Å². The van der Waals surface area contributed by atoms with Crippen LogP contribution in [0.5, 0.6) is 0 Å². The third kappa shape index (κ3) is 3.19. The third-order valence-electron chi connectivity index (χ3n) is 3.08. The Balaban J connectivity index is 1.98. The van der Waals surface area contributed by atoms with E-state index in [1.165, 1.54) is 12.0 Å². The average molecular weight is 229 g/mol. The van der Waals surface area contributed by atoms with Crippen LogP contribution in [0.2, 0.25) is 0 Å². The molecule has 1 fully saturated rings. The molecule has 1 amide bonds. The van der Waals surface area contributed by atoms with Crippen LogP contribution in [-0.2, 0) is 11.2 Å². The lowest BCUT2D eigenvalue weighted by atomic mass is 10.1. The predicted molar refractivity (Wildman–Crippen MR) is 70.4 cm³/mol. The molecule has 0 unspecified atom stereocenters. The van der Waals surface area contributed by atoms with Gasteiger partial charge in [-0.15, -0.1) is 0 Å². The Bertz CT molecular complexity index is 405. The van der Waals surface area contributed by atoms with Gasteiger partial charge in [0.2, 0.25) is 5.91 Å². The maximum absolute atomic E-state index is 11.4. The normalized spacial score (nSPS) is 16.1. The van der Waals surface area contributed by atoms with Crippen LogP contribution in [0.1, 0.15) is 37.3 Å². The topological polar surface area (TPSA) is 20.3 Å². The minimum Gasteiger partial charge on any atom is -0.319 e. The van der Waals surface area contributed by atoms with E-state index in [4.69, 9.17) is 0 Å². The quantitative estimate of drug-likeness (QED) is 0.776. The van der Waals surface area contributed by atoms with Gasteiger partial charge in [0.05, 0.1) is 0 Å². The van der Waals surface area contributed by atoms with Crippen LogP contribution in [0.3, 0.4) is 0 Å². The highest BCUT2D eigenvalue weighted by atomic mass is 16.2. The molecule has 0 bridgehead atoms. The van der Waals surface area contributed by atoms with E-state index in [-0.39, 0.29) is 5.91 Å². The highest BCUT2D eigenvalue weighted by molar-refractivity contribution is 5.79. The Hall–Kier alpha value is -1.57. The average Bonchev–Trinajstić information content (AvgIpc) is 2.75. The maximum atomic E-state index is 11.4. The molecular formula is C15H19NO. The Morgan fingerprint density at radius 3 is 2.65 bits per heavy atom. The summed E-state index contributed by atoms with van der Waals surface area (Å²) in [6.07, 6.45) is 7.91. The molecule has 0 aliphatic carbocycles. The van der Waals surface area contributed by atoms with Gasteiger partial charge in [0.25, 0.3) is 0 Å². The SMILES string of the molecule is CCCc1ccc(/C=C\N2CCCC2=O)cc1. The molecule has 0 aromatic heterocycles. The molecule has 0 atom stereocenters. The standard InChI is InChI=1S/C15H19NO/c1-2-4-13-6-8-14(9-7-13)10-12-16-11-3-5-15(16)17/h6-10,12H,2-5,11H2,1H3/b12-10-. The summed E-state index contributed by atoms with van der Waals surface area (Å²) in [6.45, 7) is 3.05. The lowest BCUT2D eigenvalue weighted by Gasteiger charge is -2.08. The number of rotatable bonds is 4. The zero-order valence-electron chi connectivity index (χ0n) is 10.4. The van der Waals surface area contributed by atoms with E-state index in [1.807, 2.05) is 12.3 Å². The number of amides is 1. The molecule has 1 aromatic carbocycles. The molecule has 0 spiro atoms. The second-order valence-electron chi connectivity index (χ2n) is 4.50. The predicted octanol–water partition coefficient (Wildman–Crippen LogP) is 3.23. The first kappa shape index (κ1) is 11.9. The number of likely N-dealkylation sites (tertiary alicyclic amines) is 1. The van der Waals surface area contributed by atoms with Gasteiger partial charge in [0.1, 0.15) is 0 Å². The van der Waals surface area contributed by atoms with Crippen LogP contribution in [-0.4, -0.2) is 17.4 Å². The van der Waals surface area contributed by atoms with Gasteiger partial charge < -0.3 is 4.90 Å². The summed E-state index contributed by atoms with van der Waals surface area (Å²) in [5, 5.41) is 0. The Morgan fingerprint density at radius 1 is 1.29 bits per heavy atom. The lowest BCUT2D eigenvalue weighted by molar-refractivity contribution is -0.125. The molecule has 1 aliphatic heterocycles. The van der Waals surface area contributed by atoms with Crippen molar-refractivity contribution in [3.8, 4) is 0 Å². The summed E-state index contributed by atoms with van der Waals surface area (Å²) >= 11 is 0. The summed E-state index contributed by atoms with van der Waals surface area (Å²) in [7, 11) is 0. The molecule has 90 valence electrons. The van der Waals surface area contributed by atoms with E-state index in [0.29, 0.717) is 6.42 Å². The molecule has 2 heteroatoms. The van der Waals surface area contributed by atoms with Crippen molar-refractivity contribution >= 4 is 12.0 Å². The minimum absolute atomic E-state index is 0.240. The van der Waals surface area contributed by atoms with Crippen LogP contribution < -0.4 is 0 Å². The van der Waals surface area contributed by atoms with E-state index in [2.05, 4.69) is 31.2 Å². The molecule has 2 rings (SSSR count). The first-order chi connectivity index (χ1) is 8.29. The largest absolute Gasteiger partial charge is 0.319 e. The van der Waals surface area contributed by atoms with Crippen LogP contribution in [0.4, 0.5) is 0 Å². The fraction of sp³-hybridized carbons (Fsp3) is 0.400. The zero-order chi connectivity index (χ0) is 12.1. The maximum Gasteiger partial charge on any atom is 0.226 e. The van der Waals surface area contributed by atoms with Crippen molar-refractivity contribution in [2.75, 3.05) is 6.54 Å². The summed E-state index contributed by atoms with van der Waals surface area (Å²) in [5.41, 5.74) is 2.53. The number of carbonyl (C=O) groups excluding carboxylic acids is 1. The van der Waals surface area contributed by atoms with Crippen molar-refractivity contribution in [2.45, 2.75) is 32.6 Å². The Kier molecular flexibility index (Phi) is 3.97. The number of aryl methyl sites for hydroxylation is 1. The van der Waals surface area contributed by atoms with Crippen molar-refractivity contribution in [3.05, 3.63) is 41.6 Å². The molecule has 17 heavy (non-hydrogen) atoms. The summed E-state index contributed by atoms with van der Waals surface area (Å²) in [6, 6.07) is 8.55. The van der Waals surface area contributed by atoms with Gasteiger partial charge in [-0.3, -0.25) is 4.79 Å². The van der Waals surface area contributed by atoms with E-state index in [9.17, 15) is 4.79 Å². The zero-order valence-corrected chi connectivity index (χ0v) is 10.4. The molecular weight excluding hydrogens is 210 g/mol. The van der Waals surface area contributed by atoms with Gasteiger partial charge in [-0.25, -0.2) is 0 Å². The van der Waals surface area contributed by atoms with Crippen molar-refractivity contribution < 1.29 is 4.79 Å². The smallest absolute Gasteiger partial charge is 0.226 e. The van der Waals surface area contributed by atoms with Crippen LogP contribution in [0, 0.1) is 0 Å². The molecule has 0 N–H and O–H groups in total. The van der Waals surface area contributed by atoms with Crippen molar-refractivity contribution in [2.24, 2.45) is 0 Å². The molecule has 1 saturated heterocycles. The van der Waals surface area contributed by atoms with Gasteiger partial charge in [0.15, 0.2) is 0 Å². The van der Waals surface area contributed by atoms with Crippen LogP contribution >= 0.6 is 0 Å². The van der Waals surface area contributed by atoms with Gasteiger partial charge in [-0.1, -0.05) is 37.6 Å². The molecule has 1 aromatic rings. The van der Waals surface area contributed by atoms with E-state index >= 15 is 0 Å². The number of hydrogen-bond donors (Lipinski definition) is 0. The number of hydrogen-bond acceptors (Lipinski definition) is 1. The van der Waals surface area contributed by atoms with Crippen molar-refractivity contribution in [3.63, 3.8) is 0 Å². The molecule has 1 heterocycles. The highest BCUT2D eigenvalue weighted by Crippen LogP contribution is 2.13.